The van der Waals surface area contributed by atoms with Crippen molar-refractivity contribution in [3.8, 4) is 0 Å². The molecule has 1 atom stereocenters. The van der Waals surface area contributed by atoms with Gasteiger partial charge in [-0.15, -0.1) is 0 Å². The van der Waals surface area contributed by atoms with Gasteiger partial charge in [-0.3, -0.25) is 4.79 Å². The average molecular weight is 281 g/mol. The summed E-state index contributed by atoms with van der Waals surface area (Å²) >= 11 is 0. The van der Waals surface area contributed by atoms with E-state index in [9.17, 15) is 4.79 Å². The third-order valence-electron chi connectivity index (χ3n) is 3.68. The molecule has 1 amide bonds. The highest BCUT2D eigenvalue weighted by Crippen LogP contribution is 2.15. The Kier molecular flexibility index (Phi) is 5.49. The Hall–Kier alpha value is -1.47. The Morgan fingerprint density at radius 2 is 2.40 bits per heavy atom. The summed E-state index contributed by atoms with van der Waals surface area (Å²) in [5.41, 5.74) is 1.02. The average Bonchev–Trinajstić information content (AvgIpc) is 3.05. The second-order valence-electron chi connectivity index (χ2n) is 5.27. The Balaban J connectivity index is 1.68. The Morgan fingerprint density at radius 1 is 1.55 bits per heavy atom. The van der Waals surface area contributed by atoms with Crippen molar-refractivity contribution >= 4 is 5.91 Å². The van der Waals surface area contributed by atoms with Crippen molar-refractivity contribution in [1.29, 1.82) is 0 Å². The minimum atomic E-state index is -0.144. The molecule has 0 aromatic carbocycles. The Labute approximate surface area is 119 Å². The SMILES string of the molecule is COCCCN1CCC(CNC(=O)c2n[nH]nc2C)C1. The lowest BCUT2D eigenvalue weighted by atomic mass is 10.1. The number of carbonyl (C=O) groups is 1. The molecule has 1 aliphatic rings. The van der Waals surface area contributed by atoms with Crippen molar-refractivity contribution in [2.24, 2.45) is 5.92 Å². The van der Waals surface area contributed by atoms with E-state index < -0.39 is 0 Å². The van der Waals surface area contributed by atoms with Gasteiger partial charge in [0.1, 0.15) is 0 Å². The number of amides is 1. The topological polar surface area (TPSA) is 83.1 Å². The molecule has 0 bridgehead atoms. The lowest BCUT2D eigenvalue weighted by Gasteiger charge is -2.15. The number of carbonyl (C=O) groups excluding carboxylic acids is 1. The van der Waals surface area contributed by atoms with Crippen LogP contribution in [0, 0.1) is 12.8 Å². The van der Waals surface area contributed by atoms with Crippen LogP contribution in [0.15, 0.2) is 0 Å². The number of aromatic nitrogens is 3. The fourth-order valence-corrected chi connectivity index (χ4v) is 2.53. The Bertz CT molecular complexity index is 434. The van der Waals surface area contributed by atoms with Crippen LogP contribution in [-0.4, -0.2) is 66.1 Å². The fraction of sp³-hybridized carbons (Fsp3) is 0.769. The van der Waals surface area contributed by atoms with Gasteiger partial charge in [-0.05, 0) is 32.2 Å². The van der Waals surface area contributed by atoms with Crippen molar-refractivity contribution in [3.63, 3.8) is 0 Å². The number of ether oxygens (including phenoxy) is 1. The molecule has 0 aliphatic carbocycles. The maximum Gasteiger partial charge on any atom is 0.273 e. The van der Waals surface area contributed by atoms with Crippen LogP contribution in [0.2, 0.25) is 0 Å². The summed E-state index contributed by atoms with van der Waals surface area (Å²) in [6.45, 7) is 6.50. The summed E-state index contributed by atoms with van der Waals surface area (Å²) in [7, 11) is 1.73. The largest absolute Gasteiger partial charge is 0.385 e. The molecule has 20 heavy (non-hydrogen) atoms. The summed E-state index contributed by atoms with van der Waals surface area (Å²) in [6.07, 6.45) is 2.19. The van der Waals surface area contributed by atoms with Crippen LogP contribution in [0.4, 0.5) is 0 Å². The number of nitrogens with one attached hydrogen (secondary N) is 2. The molecule has 1 aromatic rings. The van der Waals surface area contributed by atoms with E-state index in [0.29, 0.717) is 23.9 Å². The van der Waals surface area contributed by atoms with Gasteiger partial charge in [0.25, 0.3) is 5.91 Å². The van der Waals surface area contributed by atoms with Crippen LogP contribution in [-0.2, 0) is 4.74 Å². The van der Waals surface area contributed by atoms with Gasteiger partial charge in [-0.25, -0.2) is 0 Å². The number of methoxy groups -OCH3 is 1. The quantitative estimate of drug-likeness (QED) is 0.698. The molecule has 7 heteroatoms. The van der Waals surface area contributed by atoms with Gasteiger partial charge in [0.05, 0.1) is 5.69 Å². The Morgan fingerprint density at radius 3 is 3.10 bits per heavy atom. The molecule has 1 fully saturated rings. The molecular weight excluding hydrogens is 258 g/mol. The van der Waals surface area contributed by atoms with Crippen LogP contribution >= 0.6 is 0 Å². The molecule has 1 aliphatic heterocycles. The van der Waals surface area contributed by atoms with Crippen LogP contribution < -0.4 is 5.32 Å². The first-order valence-electron chi connectivity index (χ1n) is 7.07. The number of H-pyrrole nitrogens is 1. The molecule has 1 aromatic heterocycles. The van der Waals surface area contributed by atoms with Crippen molar-refractivity contribution in [1.82, 2.24) is 25.6 Å². The summed E-state index contributed by atoms with van der Waals surface area (Å²) in [6, 6.07) is 0. The first kappa shape index (κ1) is 14.9. The van der Waals surface area contributed by atoms with E-state index in [0.717, 1.165) is 39.1 Å². The highest BCUT2D eigenvalue weighted by Gasteiger charge is 2.23. The smallest absolute Gasteiger partial charge is 0.273 e. The third-order valence-corrected chi connectivity index (χ3v) is 3.68. The van der Waals surface area contributed by atoms with Gasteiger partial charge in [0.2, 0.25) is 0 Å². The highest BCUT2D eigenvalue weighted by molar-refractivity contribution is 5.93. The van der Waals surface area contributed by atoms with Gasteiger partial charge in [0, 0.05) is 33.4 Å². The lowest BCUT2D eigenvalue weighted by Crippen LogP contribution is -2.32. The van der Waals surface area contributed by atoms with Gasteiger partial charge >= 0.3 is 0 Å². The summed E-state index contributed by atoms with van der Waals surface area (Å²) in [5.74, 6) is 0.378. The first-order chi connectivity index (χ1) is 9.70. The standard InChI is InChI=1S/C13H23N5O2/c1-10-12(16-17-15-10)13(19)14-8-11-4-6-18(9-11)5-3-7-20-2/h11H,3-9H2,1-2H3,(H,14,19)(H,15,16,17). The second-order valence-corrected chi connectivity index (χ2v) is 5.27. The van der Waals surface area contributed by atoms with Crippen LogP contribution in [0.3, 0.4) is 0 Å². The van der Waals surface area contributed by atoms with Gasteiger partial charge in [-0.2, -0.15) is 15.4 Å². The summed E-state index contributed by atoms with van der Waals surface area (Å²) in [4.78, 5) is 14.3. The zero-order valence-corrected chi connectivity index (χ0v) is 12.2. The molecule has 0 saturated carbocycles. The molecule has 2 N–H and O–H groups in total. The molecule has 1 unspecified atom stereocenters. The normalized spacial score (nSPS) is 19.4. The molecule has 112 valence electrons. The third kappa shape index (κ3) is 4.01. The van der Waals surface area contributed by atoms with Gasteiger partial charge in [-0.1, -0.05) is 0 Å². The number of aromatic amines is 1. The molecule has 0 radical (unpaired) electrons. The van der Waals surface area contributed by atoms with E-state index in [1.54, 1.807) is 14.0 Å². The van der Waals surface area contributed by atoms with Gasteiger partial charge < -0.3 is 15.0 Å². The fourth-order valence-electron chi connectivity index (χ4n) is 2.53. The zero-order valence-electron chi connectivity index (χ0n) is 12.2. The van der Waals surface area contributed by atoms with E-state index in [2.05, 4.69) is 25.6 Å². The highest BCUT2D eigenvalue weighted by atomic mass is 16.5. The van der Waals surface area contributed by atoms with Crippen molar-refractivity contribution in [2.75, 3.05) is 39.9 Å². The van der Waals surface area contributed by atoms with Crippen LogP contribution in [0.5, 0.6) is 0 Å². The minimum absolute atomic E-state index is 0.144. The maximum atomic E-state index is 11.9. The maximum absolute atomic E-state index is 11.9. The number of aryl methyl sites for hydroxylation is 1. The lowest BCUT2D eigenvalue weighted by molar-refractivity contribution is 0.0941. The monoisotopic (exact) mass is 281 g/mol. The number of likely N-dealkylation sites (tertiary alicyclic amines) is 1. The predicted octanol–water partition coefficient (Wildman–Crippen LogP) is 0.201. The summed E-state index contributed by atoms with van der Waals surface area (Å²) < 4.78 is 5.06. The van der Waals surface area contributed by atoms with Crippen molar-refractivity contribution < 1.29 is 9.53 Å². The zero-order chi connectivity index (χ0) is 14.4. The van der Waals surface area contributed by atoms with E-state index >= 15 is 0 Å². The van der Waals surface area contributed by atoms with Crippen LogP contribution in [0.25, 0.3) is 0 Å². The molecule has 7 nitrogen and oxygen atoms in total. The van der Waals surface area contributed by atoms with E-state index in [1.165, 1.54) is 0 Å². The number of nitrogens with zero attached hydrogens (tertiary/aromatic N) is 3. The van der Waals surface area contributed by atoms with Crippen LogP contribution in [0.1, 0.15) is 29.0 Å². The van der Waals surface area contributed by atoms with Crippen molar-refractivity contribution in [2.45, 2.75) is 19.8 Å². The predicted molar refractivity (Wildman–Crippen MR) is 74.5 cm³/mol. The summed E-state index contributed by atoms with van der Waals surface area (Å²) in [5, 5.41) is 13.1. The number of hydrogen-bond acceptors (Lipinski definition) is 5. The molecule has 2 rings (SSSR count). The molecular formula is C13H23N5O2. The number of hydrogen-bond donors (Lipinski definition) is 2. The first-order valence-corrected chi connectivity index (χ1v) is 7.07. The van der Waals surface area contributed by atoms with Crippen molar-refractivity contribution in [3.05, 3.63) is 11.4 Å². The molecule has 2 heterocycles. The van der Waals surface area contributed by atoms with Gasteiger partial charge in [0.15, 0.2) is 5.69 Å². The second kappa shape index (κ2) is 7.35. The molecule has 1 saturated heterocycles. The van der Waals surface area contributed by atoms with E-state index in [-0.39, 0.29) is 5.91 Å². The van der Waals surface area contributed by atoms with E-state index in [4.69, 9.17) is 4.74 Å². The van der Waals surface area contributed by atoms with E-state index in [1.807, 2.05) is 0 Å². The molecule has 0 spiro atoms. The minimum Gasteiger partial charge on any atom is -0.385 e. The number of rotatable bonds is 7.